The molecule has 76 valence electrons. The van der Waals surface area contributed by atoms with Crippen molar-refractivity contribution in [3.63, 3.8) is 0 Å². The van der Waals surface area contributed by atoms with E-state index in [0.717, 1.165) is 0 Å². The van der Waals surface area contributed by atoms with Gasteiger partial charge < -0.3 is 4.90 Å². The summed E-state index contributed by atoms with van der Waals surface area (Å²) < 4.78 is 1.34. The van der Waals surface area contributed by atoms with E-state index in [1.165, 1.54) is 48.0 Å². The molecule has 1 aliphatic rings. The summed E-state index contributed by atoms with van der Waals surface area (Å²) in [5.41, 5.74) is 1.40. The lowest BCUT2D eigenvalue weighted by Crippen LogP contribution is -2.23. The molecule has 1 aromatic carbocycles. The van der Waals surface area contributed by atoms with Crippen LogP contribution >= 0.6 is 22.6 Å². The largest absolute Gasteiger partial charge is 0.372 e. The number of benzene rings is 1. The van der Waals surface area contributed by atoms with Crippen molar-refractivity contribution in [2.45, 2.75) is 25.7 Å². The lowest BCUT2D eigenvalue weighted by atomic mass is 10.2. The summed E-state index contributed by atoms with van der Waals surface area (Å²) in [7, 11) is 0. The fourth-order valence-electron chi connectivity index (χ4n) is 2.00. The first-order valence-corrected chi connectivity index (χ1v) is 6.45. The normalized spacial score (nSPS) is 17.9. The third kappa shape index (κ3) is 2.62. The van der Waals surface area contributed by atoms with Gasteiger partial charge in [0.25, 0.3) is 0 Å². The zero-order valence-corrected chi connectivity index (χ0v) is 10.5. The van der Waals surface area contributed by atoms with Crippen LogP contribution < -0.4 is 4.90 Å². The predicted octanol–water partition coefficient (Wildman–Crippen LogP) is 3.67. The van der Waals surface area contributed by atoms with Crippen molar-refractivity contribution in [2.75, 3.05) is 18.0 Å². The minimum Gasteiger partial charge on any atom is -0.372 e. The third-order valence-electron chi connectivity index (χ3n) is 2.78. The van der Waals surface area contributed by atoms with Crippen molar-refractivity contribution in [2.24, 2.45) is 0 Å². The van der Waals surface area contributed by atoms with Crippen molar-refractivity contribution in [1.82, 2.24) is 0 Å². The Morgan fingerprint density at radius 1 is 1.00 bits per heavy atom. The van der Waals surface area contributed by atoms with Gasteiger partial charge >= 0.3 is 0 Å². The van der Waals surface area contributed by atoms with E-state index in [0.29, 0.717) is 0 Å². The average molecular weight is 301 g/mol. The first-order chi connectivity index (χ1) is 6.86. The van der Waals surface area contributed by atoms with E-state index in [2.05, 4.69) is 51.8 Å². The highest BCUT2D eigenvalue weighted by atomic mass is 127. The summed E-state index contributed by atoms with van der Waals surface area (Å²) in [6.45, 7) is 2.47. The Labute approximate surface area is 99.6 Å². The number of anilines is 1. The first-order valence-electron chi connectivity index (χ1n) is 5.37. The number of hydrogen-bond donors (Lipinski definition) is 0. The maximum Gasteiger partial charge on any atom is 0.0376 e. The molecule has 0 aliphatic carbocycles. The minimum absolute atomic E-state index is 1.24. The molecule has 2 heteroatoms. The van der Waals surface area contributed by atoms with E-state index in [1.807, 2.05) is 0 Å². The third-order valence-corrected chi connectivity index (χ3v) is 3.45. The van der Waals surface area contributed by atoms with E-state index in [9.17, 15) is 0 Å². The summed E-state index contributed by atoms with van der Waals surface area (Å²) in [5, 5.41) is 0. The highest BCUT2D eigenvalue weighted by molar-refractivity contribution is 14.1. The second-order valence-electron chi connectivity index (χ2n) is 3.88. The molecular formula is C12H16IN. The molecule has 0 unspecified atom stereocenters. The van der Waals surface area contributed by atoms with Crippen LogP contribution in [0.3, 0.4) is 0 Å². The van der Waals surface area contributed by atoms with Gasteiger partial charge in [0.2, 0.25) is 0 Å². The molecule has 0 aromatic heterocycles. The molecule has 0 saturated carbocycles. The van der Waals surface area contributed by atoms with Gasteiger partial charge in [-0.2, -0.15) is 0 Å². The van der Waals surface area contributed by atoms with Crippen LogP contribution in [-0.2, 0) is 0 Å². The second-order valence-corrected chi connectivity index (χ2v) is 5.13. The van der Waals surface area contributed by atoms with Crippen LogP contribution in [0.2, 0.25) is 0 Å². The van der Waals surface area contributed by atoms with Crippen LogP contribution in [0, 0.1) is 3.57 Å². The topological polar surface area (TPSA) is 3.24 Å². The van der Waals surface area contributed by atoms with Crippen molar-refractivity contribution >= 4 is 28.3 Å². The monoisotopic (exact) mass is 301 g/mol. The van der Waals surface area contributed by atoms with Crippen LogP contribution in [0.4, 0.5) is 5.69 Å². The van der Waals surface area contributed by atoms with E-state index >= 15 is 0 Å². The Balaban J connectivity index is 2.12. The molecule has 0 atom stereocenters. The van der Waals surface area contributed by atoms with Crippen LogP contribution in [0.5, 0.6) is 0 Å². The van der Waals surface area contributed by atoms with Gasteiger partial charge in [-0.1, -0.05) is 18.9 Å². The lowest BCUT2D eigenvalue weighted by molar-refractivity contribution is 0.726. The highest BCUT2D eigenvalue weighted by Gasteiger charge is 2.09. The van der Waals surface area contributed by atoms with Crippen molar-refractivity contribution in [3.05, 3.63) is 27.8 Å². The summed E-state index contributed by atoms with van der Waals surface area (Å²) in [5.74, 6) is 0. The van der Waals surface area contributed by atoms with Crippen LogP contribution in [0.25, 0.3) is 0 Å². The Bertz CT molecular complexity index is 290. The van der Waals surface area contributed by atoms with Gasteiger partial charge in [0, 0.05) is 22.3 Å². The maximum absolute atomic E-state index is 2.52. The molecule has 1 nitrogen and oxygen atoms in total. The first kappa shape index (κ1) is 10.3. The quantitative estimate of drug-likeness (QED) is 0.715. The number of nitrogens with zero attached hydrogens (tertiary/aromatic N) is 1. The fourth-order valence-corrected chi connectivity index (χ4v) is 2.53. The molecule has 0 bridgehead atoms. The zero-order chi connectivity index (χ0) is 9.80. The number of halogens is 1. The van der Waals surface area contributed by atoms with E-state index in [4.69, 9.17) is 0 Å². The Morgan fingerprint density at radius 3 is 2.36 bits per heavy atom. The minimum atomic E-state index is 1.24. The fraction of sp³-hybridized carbons (Fsp3) is 0.500. The van der Waals surface area contributed by atoms with Crippen molar-refractivity contribution in [1.29, 1.82) is 0 Å². The van der Waals surface area contributed by atoms with Gasteiger partial charge in [-0.3, -0.25) is 0 Å². The molecule has 0 radical (unpaired) electrons. The Kier molecular flexibility index (Phi) is 3.67. The van der Waals surface area contributed by atoms with Gasteiger partial charge in [0.1, 0.15) is 0 Å². The maximum atomic E-state index is 2.52. The number of hydrogen-bond acceptors (Lipinski definition) is 1. The molecular weight excluding hydrogens is 285 g/mol. The molecule has 0 spiro atoms. The van der Waals surface area contributed by atoms with E-state index < -0.39 is 0 Å². The molecule has 14 heavy (non-hydrogen) atoms. The molecule has 1 saturated heterocycles. The molecule has 0 N–H and O–H groups in total. The molecule has 2 rings (SSSR count). The number of rotatable bonds is 1. The molecule has 1 aromatic rings. The molecule has 0 amide bonds. The molecule has 1 heterocycles. The second kappa shape index (κ2) is 5.01. The molecule has 1 fully saturated rings. The van der Waals surface area contributed by atoms with Crippen LogP contribution in [-0.4, -0.2) is 13.1 Å². The van der Waals surface area contributed by atoms with Gasteiger partial charge in [-0.15, -0.1) is 0 Å². The summed E-state index contributed by atoms with van der Waals surface area (Å²) in [6, 6.07) is 8.82. The van der Waals surface area contributed by atoms with E-state index in [1.54, 1.807) is 0 Å². The Morgan fingerprint density at radius 2 is 1.71 bits per heavy atom. The average Bonchev–Trinajstić information content (AvgIpc) is 2.45. The summed E-state index contributed by atoms with van der Waals surface area (Å²) in [6.07, 6.45) is 5.51. The molecule has 1 aliphatic heterocycles. The standard InChI is InChI=1S/C12H16IN/c13-11-6-5-7-12(10-11)14-8-3-1-2-4-9-14/h5-7,10H,1-4,8-9H2. The Hall–Kier alpha value is -0.250. The smallest absolute Gasteiger partial charge is 0.0376 e. The van der Waals surface area contributed by atoms with E-state index in [-0.39, 0.29) is 0 Å². The zero-order valence-electron chi connectivity index (χ0n) is 8.38. The SMILES string of the molecule is Ic1cccc(N2CCCCCC2)c1. The van der Waals surface area contributed by atoms with Crippen molar-refractivity contribution in [3.8, 4) is 0 Å². The van der Waals surface area contributed by atoms with Gasteiger partial charge in [-0.25, -0.2) is 0 Å². The van der Waals surface area contributed by atoms with Gasteiger partial charge in [-0.05, 0) is 53.6 Å². The predicted molar refractivity (Wildman–Crippen MR) is 69.8 cm³/mol. The lowest BCUT2D eigenvalue weighted by Gasteiger charge is -2.22. The van der Waals surface area contributed by atoms with Crippen LogP contribution in [0.1, 0.15) is 25.7 Å². The van der Waals surface area contributed by atoms with Gasteiger partial charge in [0.15, 0.2) is 0 Å². The van der Waals surface area contributed by atoms with Crippen molar-refractivity contribution < 1.29 is 0 Å². The summed E-state index contributed by atoms with van der Waals surface area (Å²) in [4.78, 5) is 2.52. The van der Waals surface area contributed by atoms with Crippen LogP contribution in [0.15, 0.2) is 24.3 Å². The highest BCUT2D eigenvalue weighted by Crippen LogP contribution is 2.21. The summed E-state index contributed by atoms with van der Waals surface area (Å²) >= 11 is 2.38. The van der Waals surface area contributed by atoms with Gasteiger partial charge in [0.05, 0.1) is 0 Å².